The van der Waals surface area contributed by atoms with Gasteiger partial charge in [-0.1, -0.05) is 81.7 Å². The zero-order valence-corrected chi connectivity index (χ0v) is 21.7. The number of ketones is 2. The topological polar surface area (TPSA) is 104 Å². The number of carbonyl (C=O) groups excluding carboxylic acids is 3. The molecule has 3 atom stereocenters. The van der Waals surface area contributed by atoms with Gasteiger partial charge in [0, 0.05) is 25.2 Å². The van der Waals surface area contributed by atoms with Gasteiger partial charge in [0.1, 0.15) is 12.4 Å². The Labute approximate surface area is 216 Å². The third-order valence-corrected chi connectivity index (χ3v) is 8.30. The standard InChI is InChI=1S/C30H45NO5/c32-21-26(33)16-17-30(36)31-27(18-22-10-4-1-5-11-22)29(35)20-25(23-12-6-2-7-13-23)19-28(34)24-14-8-3-9-15-24/h1,4-5,10-11,23-25,27,29,32,35H,2-3,6-9,12-21H2,(H,31,36)/t25-,27+,29+/m1/s1. The van der Waals surface area contributed by atoms with Crippen LogP contribution in [0.1, 0.15) is 95.5 Å². The molecular weight excluding hydrogens is 454 g/mol. The molecule has 0 heterocycles. The molecule has 3 N–H and O–H groups in total. The lowest BCUT2D eigenvalue weighted by Crippen LogP contribution is -2.46. The van der Waals surface area contributed by atoms with Crippen LogP contribution in [0.3, 0.4) is 0 Å². The van der Waals surface area contributed by atoms with Crippen molar-refractivity contribution >= 4 is 17.5 Å². The first kappa shape index (κ1) is 28.5. The van der Waals surface area contributed by atoms with Crippen molar-refractivity contribution in [2.24, 2.45) is 17.8 Å². The Hall–Kier alpha value is -2.05. The lowest BCUT2D eigenvalue weighted by atomic mass is 9.72. The van der Waals surface area contributed by atoms with E-state index in [4.69, 9.17) is 5.11 Å². The van der Waals surface area contributed by atoms with E-state index in [1.165, 1.54) is 25.7 Å². The molecule has 1 amide bonds. The number of carbonyl (C=O) groups is 3. The second-order valence-corrected chi connectivity index (χ2v) is 11.0. The Morgan fingerprint density at radius 2 is 1.53 bits per heavy atom. The summed E-state index contributed by atoms with van der Waals surface area (Å²) in [4.78, 5) is 37.3. The third kappa shape index (κ3) is 9.44. The van der Waals surface area contributed by atoms with Gasteiger partial charge in [0.15, 0.2) is 5.78 Å². The van der Waals surface area contributed by atoms with Crippen molar-refractivity contribution < 1.29 is 24.6 Å². The predicted octanol–water partition coefficient (Wildman–Crippen LogP) is 4.54. The maximum atomic E-state index is 13.2. The predicted molar refractivity (Wildman–Crippen MR) is 140 cm³/mol. The second-order valence-electron chi connectivity index (χ2n) is 11.0. The van der Waals surface area contributed by atoms with Crippen LogP contribution in [0, 0.1) is 17.8 Å². The highest BCUT2D eigenvalue weighted by atomic mass is 16.3. The fourth-order valence-corrected chi connectivity index (χ4v) is 6.13. The van der Waals surface area contributed by atoms with Gasteiger partial charge in [-0.2, -0.15) is 0 Å². The van der Waals surface area contributed by atoms with Gasteiger partial charge in [-0.15, -0.1) is 0 Å². The first-order valence-electron chi connectivity index (χ1n) is 14.1. The summed E-state index contributed by atoms with van der Waals surface area (Å²) in [5, 5.41) is 23.3. The van der Waals surface area contributed by atoms with Crippen LogP contribution in [-0.2, 0) is 20.8 Å². The van der Waals surface area contributed by atoms with Crippen molar-refractivity contribution in [3.8, 4) is 0 Å². The fourth-order valence-electron chi connectivity index (χ4n) is 6.13. The average molecular weight is 500 g/mol. The van der Waals surface area contributed by atoms with Crippen molar-refractivity contribution in [1.29, 1.82) is 0 Å². The zero-order valence-electron chi connectivity index (χ0n) is 21.7. The van der Waals surface area contributed by atoms with Gasteiger partial charge >= 0.3 is 0 Å². The van der Waals surface area contributed by atoms with Crippen molar-refractivity contribution in [2.45, 2.75) is 108 Å². The molecule has 6 nitrogen and oxygen atoms in total. The Morgan fingerprint density at radius 3 is 2.17 bits per heavy atom. The van der Waals surface area contributed by atoms with Crippen molar-refractivity contribution in [3.05, 3.63) is 35.9 Å². The molecule has 200 valence electrons. The highest BCUT2D eigenvalue weighted by molar-refractivity contribution is 5.85. The fraction of sp³-hybridized carbons (Fsp3) is 0.700. The number of benzene rings is 1. The highest BCUT2D eigenvalue weighted by Gasteiger charge is 2.33. The van der Waals surface area contributed by atoms with Crippen LogP contribution in [0.5, 0.6) is 0 Å². The van der Waals surface area contributed by atoms with Crippen molar-refractivity contribution in [3.63, 3.8) is 0 Å². The summed E-state index contributed by atoms with van der Waals surface area (Å²) in [5.41, 5.74) is 1.01. The summed E-state index contributed by atoms with van der Waals surface area (Å²) in [7, 11) is 0. The molecule has 0 radical (unpaired) electrons. The average Bonchev–Trinajstić information content (AvgIpc) is 2.92. The van der Waals surface area contributed by atoms with E-state index in [2.05, 4.69) is 5.32 Å². The lowest BCUT2D eigenvalue weighted by Gasteiger charge is -2.34. The van der Waals surface area contributed by atoms with E-state index in [0.29, 0.717) is 31.0 Å². The molecule has 0 bridgehead atoms. The smallest absolute Gasteiger partial charge is 0.220 e. The molecule has 36 heavy (non-hydrogen) atoms. The molecule has 1 aromatic carbocycles. The summed E-state index contributed by atoms with van der Waals surface area (Å²) in [6, 6.07) is 9.27. The van der Waals surface area contributed by atoms with E-state index in [1.54, 1.807) is 0 Å². The van der Waals surface area contributed by atoms with Crippen LogP contribution in [0.2, 0.25) is 0 Å². The van der Waals surface area contributed by atoms with Crippen molar-refractivity contribution in [2.75, 3.05) is 6.61 Å². The first-order valence-corrected chi connectivity index (χ1v) is 14.1. The van der Waals surface area contributed by atoms with Gasteiger partial charge in [0.05, 0.1) is 12.1 Å². The van der Waals surface area contributed by atoms with Gasteiger partial charge in [0.2, 0.25) is 5.91 Å². The van der Waals surface area contributed by atoms with Crippen LogP contribution >= 0.6 is 0 Å². The first-order chi connectivity index (χ1) is 17.5. The van der Waals surface area contributed by atoms with Gasteiger partial charge in [0.25, 0.3) is 0 Å². The van der Waals surface area contributed by atoms with Crippen LogP contribution in [-0.4, -0.2) is 46.4 Å². The number of nitrogens with one attached hydrogen (secondary N) is 1. The second kappa shape index (κ2) is 15.3. The summed E-state index contributed by atoms with van der Waals surface area (Å²) >= 11 is 0. The maximum Gasteiger partial charge on any atom is 0.220 e. The molecule has 2 aliphatic carbocycles. The van der Waals surface area contributed by atoms with Gasteiger partial charge in [-0.05, 0) is 43.1 Å². The number of amides is 1. The molecule has 0 spiro atoms. The molecule has 0 aliphatic heterocycles. The minimum Gasteiger partial charge on any atom is -0.391 e. The molecular formula is C30H45NO5. The molecule has 1 aromatic rings. The normalized spacial score (nSPS) is 19.8. The van der Waals surface area contributed by atoms with E-state index in [-0.39, 0.29) is 36.4 Å². The minimum atomic E-state index is -0.784. The molecule has 3 rings (SSSR count). The molecule has 6 heteroatoms. The molecule has 0 aromatic heterocycles. The van der Waals surface area contributed by atoms with E-state index in [1.807, 2.05) is 30.3 Å². The number of Topliss-reactive ketones (excluding diaryl/α,β-unsaturated/α-hetero) is 2. The van der Waals surface area contributed by atoms with Crippen LogP contribution < -0.4 is 5.32 Å². The number of rotatable bonds is 14. The Morgan fingerprint density at radius 1 is 0.889 bits per heavy atom. The molecule has 0 unspecified atom stereocenters. The monoisotopic (exact) mass is 499 g/mol. The largest absolute Gasteiger partial charge is 0.391 e. The van der Waals surface area contributed by atoms with Crippen molar-refractivity contribution in [1.82, 2.24) is 5.32 Å². The molecule has 2 aliphatic rings. The molecule has 2 fully saturated rings. The Balaban J connectivity index is 1.70. The van der Waals surface area contributed by atoms with E-state index >= 15 is 0 Å². The SMILES string of the molecule is O=C(CO)CCC(=O)N[C@@H](Cc1ccccc1)[C@@H](O)C[C@@H](CC(=O)C1CCCCC1)C1CCCCC1. The molecule has 2 saturated carbocycles. The minimum absolute atomic E-state index is 0.0103. The number of hydrogen-bond donors (Lipinski definition) is 3. The summed E-state index contributed by atoms with van der Waals surface area (Å²) in [6.07, 6.45) is 12.0. The third-order valence-electron chi connectivity index (χ3n) is 8.30. The molecule has 0 saturated heterocycles. The van der Waals surface area contributed by atoms with E-state index in [0.717, 1.165) is 44.1 Å². The Kier molecular flexibility index (Phi) is 12.1. The van der Waals surface area contributed by atoms with E-state index in [9.17, 15) is 19.5 Å². The van der Waals surface area contributed by atoms with Crippen LogP contribution in [0.4, 0.5) is 0 Å². The number of aliphatic hydroxyl groups is 2. The van der Waals surface area contributed by atoms with Crippen LogP contribution in [0.25, 0.3) is 0 Å². The zero-order chi connectivity index (χ0) is 25.8. The lowest BCUT2D eigenvalue weighted by molar-refractivity contribution is -0.127. The summed E-state index contributed by atoms with van der Waals surface area (Å²) < 4.78 is 0. The quantitative estimate of drug-likeness (QED) is 0.349. The van der Waals surface area contributed by atoms with Gasteiger partial charge in [-0.25, -0.2) is 0 Å². The highest BCUT2D eigenvalue weighted by Crippen LogP contribution is 2.37. The maximum absolute atomic E-state index is 13.2. The van der Waals surface area contributed by atoms with Gasteiger partial charge in [-0.3, -0.25) is 14.4 Å². The number of aliphatic hydroxyl groups excluding tert-OH is 2. The summed E-state index contributed by atoms with van der Waals surface area (Å²) in [5.74, 6) is 0.430. The van der Waals surface area contributed by atoms with Gasteiger partial charge < -0.3 is 15.5 Å². The Bertz CT molecular complexity index is 814. The van der Waals surface area contributed by atoms with E-state index < -0.39 is 18.8 Å². The van der Waals surface area contributed by atoms with Crippen LogP contribution in [0.15, 0.2) is 30.3 Å². The number of hydrogen-bond acceptors (Lipinski definition) is 5. The summed E-state index contributed by atoms with van der Waals surface area (Å²) in [6.45, 7) is -0.568.